The van der Waals surface area contributed by atoms with Gasteiger partial charge in [0.1, 0.15) is 5.75 Å². The first-order valence-corrected chi connectivity index (χ1v) is 7.97. The summed E-state index contributed by atoms with van der Waals surface area (Å²) in [6.07, 6.45) is 0. The lowest BCUT2D eigenvalue weighted by molar-refractivity contribution is -0.125. The number of ether oxygens (including phenoxy) is 2. The van der Waals surface area contributed by atoms with Crippen LogP contribution < -0.4 is 9.47 Å². The number of carbonyl (C=O) groups excluding carboxylic acids is 1. The van der Waals surface area contributed by atoms with Crippen molar-refractivity contribution in [2.45, 2.75) is 5.75 Å². The Morgan fingerprint density at radius 3 is 2.70 bits per heavy atom. The number of nitrogens with zero attached hydrogens (tertiary/aromatic N) is 1. The van der Waals surface area contributed by atoms with Crippen LogP contribution in [0.2, 0.25) is 5.02 Å². The molecule has 0 aliphatic carbocycles. The van der Waals surface area contributed by atoms with Crippen LogP contribution in [0.25, 0.3) is 0 Å². The highest BCUT2D eigenvalue weighted by Crippen LogP contribution is 2.40. The van der Waals surface area contributed by atoms with Gasteiger partial charge in [-0.2, -0.15) is 0 Å². The van der Waals surface area contributed by atoms with Crippen molar-refractivity contribution in [3.05, 3.63) is 22.7 Å². The third-order valence-corrected chi connectivity index (χ3v) is 4.46. The zero-order chi connectivity index (χ0) is 14.9. The predicted octanol–water partition coefficient (Wildman–Crippen LogP) is 1.07. The second-order valence-corrected chi connectivity index (χ2v) is 7.10. The van der Waals surface area contributed by atoms with E-state index < -0.39 is 21.5 Å². The summed E-state index contributed by atoms with van der Waals surface area (Å²) in [5, 5.41) is 0.295. The Morgan fingerprint density at radius 1 is 1.35 bits per heavy atom. The number of benzene rings is 1. The molecule has 8 heteroatoms. The summed E-state index contributed by atoms with van der Waals surface area (Å²) in [7, 11) is -0.541. The molecule has 0 saturated heterocycles. The Kier molecular flexibility index (Phi) is 4.10. The lowest BCUT2D eigenvalue weighted by Crippen LogP contribution is -2.29. The van der Waals surface area contributed by atoms with Crippen LogP contribution in [0.4, 0.5) is 0 Å². The van der Waals surface area contributed by atoms with E-state index >= 15 is 0 Å². The number of halogens is 1. The molecule has 1 aliphatic heterocycles. The third-order valence-electron chi connectivity index (χ3n) is 2.72. The SMILES string of the molecule is CN(C)C(=O)CS(=O)(=O)Cc1cc(Cl)c2c(c1)OCO2. The van der Waals surface area contributed by atoms with Crippen molar-refractivity contribution in [1.82, 2.24) is 4.90 Å². The molecule has 0 aromatic heterocycles. The van der Waals surface area contributed by atoms with Crippen molar-refractivity contribution in [1.29, 1.82) is 0 Å². The molecule has 0 N–H and O–H groups in total. The molecule has 0 fully saturated rings. The van der Waals surface area contributed by atoms with E-state index in [4.69, 9.17) is 21.1 Å². The van der Waals surface area contributed by atoms with Gasteiger partial charge in [-0.05, 0) is 17.7 Å². The minimum absolute atomic E-state index is 0.0599. The second kappa shape index (κ2) is 5.49. The molecule has 1 aliphatic rings. The summed E-state index contributed by atoms with van der Waals surface area (Å²) in [5.41, 5.74) is 0.464. The normalized spacial score (nSPS) is 13.3. The van der Waals surface area contributed by atoms with Crippen LogP contribution in [0.3, 0.4) is 0 Å². The Balaban J connectivity index is 2.18. The molecular formula is C12H14ClNO5S. The van der Waals surface area contributed by atoms with Gasteiger partial charge >= 0.3 is 0 Å². The van der Waals surface area contributed by atoms with E-state index in [9.17, 15) is 13.2 Å². The molecule has 0 bridgehead atoms. The molecular weight excluding hydrogens is 306 g/mol. The number of hydrogen-bond acceptors (Lipinski definition) is 5. The van der Waals surface area contributed by atoms with Crippen molar-refractivity contribution >= 4 is 27.3 Å². The van der Waals surface area contributed by atoms with Crippen LogP contribution >= 0.6 is 11.6 Å². The van der Waals surface area contributed by atoms with Crippen molar-refractivity contribution in [2.75, 3.05) is 26.6 Å². The summed E-state index contributed by atoms with van der Waals surface area (Å²) in [4.78, 5) is 12.7. The van der Waals surface area contributed by atoms with Crippen LogP contribution in [0.15, 0.2) is 12.1 Å². The third kappa shape index (κ3) is 3.34. The lowest BCUT2D eigenvalue weighted by atomic mass is 10.2. The molecule has 1 amide bonds. The number of sulfone groups is 1. The standard InChI is InChI=1S/C12H14ClNO5S/c1-14(2)11(15)6-20(16,17)5-8-3-9(13)12-10(4-8)18-7-19-12/h3-4H,5-7H2,1-2H3. The molecule has 0 radical (unpaired) electrons. The van der Waals surface area contributed by atoms with Gasteiger partial charge in [0, 0.05) is 14.1 Å². The van der Waals surface area contributed by atoms with Crippen LogP contribution in [-0.4, -0.2) is 45.9 Å². The number of carbonyl (C=O) groups is 1. The van der Waals surface area contributed by atoms with Gasteiger partial charge in [-0.15, -0.1) is 0 Å². The van der Waals surface area contributed by atoms with E-state index in [1.165, 1.54) is 25.1 Å². The van der Waals surface area contributed by atoms with E-state index in [0.717, 1.165) is 0 Å². The number of rotatable bonds is 4. The van der Waals surface area contributed by atoms with Crippen LogP contribution in [0.1, 0.15) is 5.56 Å². The van der Waals surface area contributed by atoms with Gasteiger partial charge in [0.25, 0.3) is 0 Å². The van der Waals surface area contributed by atoms with E-state index in [1.54, 1.807) is 6.07 Å². The van der Waals surface area contributed by atoms with E-state index in [0.29, 0.717) is 22.1 Å². The molecule has 0 saturated carbocycles. The first-order valence-electron chi connectivity index (χ1n) is 5.77. The van der Waals surface area contributed by atoms with Crippen molar-refractivity contribution in [3.63, 3.8) is 0 Å². The predicted molar refractivity (Wildman–Crippen MR) is 73.8 cm³/mol. The monoisotopic (exact) mass is 319 g/mol. The van der Waals surface area contributed by atoms with E-state index in [1.807, 2.05) is 0 Å². The molecule has 2 rings (SSSR count). The van der Waals surface area contributed by atoms with Gasteiger partial charge in [0.05, 0.1) is 10.8 Å². The maximum Gasteiger partial charge on any atom is 0.237 e. The minimum Gasteiger partial charge on any atom is -0.454 e. The summed E-state index contributed by atoms with van der Waals surface area (Å²) < 4.78 is 34.3. The average Bonchev–Trinajstić information content (AvgIpc) is 2.75. The molecule has 0 spiro atoms. The largest absolute Gasteiger partial charge is 0.454 e. The van der Waals surface area contributed by atoms with Crippen LogP contribution in [0.5, 0.6) is 11.5 Å². The fourth-order valence-corrected chi connectivity index (χ4v) is 3.43. The zero-order valence-corrected chi connectivity index (χ0v) is 12.6. The molecule has 1 heterocycles. The zero-order valence-electron chi connectivity index (χ0n) is 11.1. The van der Waals surface area contributed by atoms with Gasteiger partial charge in [-0.25, -0.2) is 8.42 Å². The highest BCUT2D eigenvalue weighted by Gasteiger charge is 2.23. The Morgan fingerprint density at radius 2 is 2.05 bits per heavy atom. The van der Waals surface area contributed by atoms with E-state index in [2.05, 4.69) is 0 Å². The molecule has 110 valence electrons. The Hall–Kier alpha value is -1.47. The highest BCUT2D eigenvalue weighted by atomic mass is 35.5. The Labute approximate surface area is 122 Å². The fourth-order valence-electron chi connectivity index (χ4n) is 1.73. The topological polar surface area (TPSA) is 72.9 Å². The maximum absolute atomic E-state index is 12.0. The van der Waals surface area contributed by atoms with Crippen LogP contribution in [0, 0.1) is 0 Å². The smallest absolute Gasteiger partial charge is 0.237 e. The molecule has 20 heavy (non-hydrogen) atoms. The van der Waals surface area contributed by atoms with Gasteiger partial charge < -0.3 is 14.4 Å². The summed E-state index contributed by atoms with van der Waals surface area (Å²) >= 11 is 5.98. The lowest BCUT2D eigenvalue weighted by Gasteiger charge is -2.11. The number of fused-ring (bicyclic) bond motifs is 1. The molecule has 0 unspecified atom stereocenters. The van der Waals surface area contributed by atoms with Gasteiger partial charge in [0.15, 0.2) is 21.3 Å². The van der Waals surface area contributed by atoms with Gasteiger partial charge in [-0.3, -0.25) is 4.79 Å². The summed E-state index contributed by atoms with van der Waals surface area (Å²) in [6.45, 7) is 0.0599. The fraction of sp³-hybridized carbons (Fsp3) is 0.417. The molecule has 1 aromatic rings. The van der Waals surface area contributed by atoms with Crippen molar-refractivity contribution < 1.29 is 22.7 Å². The maximum atomic E-state index is 12.0. The first kappa shape index (κ1) is 14.9. The molecule has 6 nitrogen and oxygen atoms in total. The first-order chi connectivity index (χ1) is 9.28. The number of hydrogen-bond donors (Lipinski definition) is 0. The summed E-state index contributed by atoms with van der Waals surface area (Å²) in [6, 6.07) is 3.07. The van der Waals surface area contributed by atoms with Gasteiger partial charge in [-0.1, -0.05) is 11.6 Å². The van der Waals surface area contributed by atoms with Crippen LogP contribution in [-0.2, 0) is 20.4 Å². The average molecular weight is 320 g/mol. The van der Waals surface area contributed by atoms with Crippen molar-refractivity contribution in [3.8, 4) is 11.5 Å². The quantitative estimate of drug-likeness (QED) is 0.830. The Bertz CT molecular complexity index is 641. The number of amides is 1. The summed E-state index contributed by atoms with van der Waals surface area (Å²) in [5.74, 6) is -0.440. The highest BCUT2D eigenvalue weighted by molar-refractivity contribution is 7.91. The van der Waals surface area contributed by atoms with E-state index in [-0.39, 0.29) is 12.5 Å². The molecule has 0 atom stereocenters. The van der Waals surface area contributed by atoms with Crippen molar-refractivity contribution in [2.24, 2.45) is 0 Å². The minimum atomic E-state index is -3.56. The second-order valence-electron chi connectivity index (χ2n) is 4.63. The molecule has 1 aromatic carbocycles. The van der Waals surface area contributed by atoms with Gasteiger partial charge in [0.2, 0.25) is 12.7 Å².